The zero-order chi connectivity index (χ0) is 24.9. The highest BCUT2D eigenvalue weighted by Gasteiger charge is 2.18. The number of fused-ring (bicyclic) bond motifs is 1. The van der Waals surface area contributed by atoms with Crippen molar-refractivity contribution in [3.63, 3.8) is 0 Å². The van der Waals surface area contributed by atoms with Crippen LogP contribution in [0.4, 0.5) is 14.6 Å². The molecular weight excluding hydrogens is 458 g/mol. The number of esters is 1. The van der Waals surface area contributed by atoms with Crippen LogP contribution < -0.4 is 14.4 Å². The Kier molecular flexibility index (Phi) is 7.14. The van der Waals surface area contributed by atoms with Crippen molar-refractivity contribution in [1.82, 2.24) is 5.16 Å². The fraction of sp³-hybridized carbons (Fsp3) is 0.231. The average molecular weight is 482 g/mol. The van der Waals surface area contributed by atoms with Crippen LogP contribution in [0.15, 0.2) is 59.1 Å². The summed E-state index contributed by atoms with van der Waals surface area (Å²) < 4.78 is 48.9. The van der Waals surface area contributed by atoms with Gasteiger partial charge >= 0.3 is 5.97 Å². The first-order valence-corrected chi connectivity index (χ1v) is 10.9. The van der Waals surface area contributed by atoms with Crippen LogP contribution in [0.3, 0.4) is 0 Å². The third kappa shape index (κ3) is 5.18. The monoisotopic (exact) mass is 482 g/mol. The minimum absolute atomic E-state index is 0.0469. The third-order valence-corrected chi connectivity index (χ3v) is 5.40. The molecule has 0 radical (unpaired) electrons. The Morgan fingerprint density at radius 2 is 1.83 bits per heavy atom. The van der Waals surface area contributed by atoms with Crippen LogP contribution in [0.2, 0.25) is 0 Å². The first-order valence-electron chi connectivity index (χ1n) is 10.9. The predicted octanol–water partition coefficient (Wildman–Crippen LogP) is 5.36. The van der Waals surface area contributed by atoms with Gasteiger partial charge in [0.05, 0.1) is 19.1 Å². The predicted molar refractivity (Wildman–Crippen MR) is 127 cm³/mol. The van der Waals surface area contributed by atoms with Crippen molar-refractivity contribution in [1.29, 1.82) is 0 Å². The number of carbonyl (C=O) groups excluding carboxylic acids is 1. The van der Waals surface area contributed by atoms with E-state index in [0.29, 0.717) is 34.9 Å². The topological polar surface area (TPSA) is 74.0 Å². The molecule has 9 heteroatoms. The van der Waals surface area contributed by atoms with Gasteiger partial charge in [0.1, 0.15) is 24.7 Å². The number of hydrogen-bond acceptors (Lipinski definition) is 7. The van der Waals surface area contributed by atoms with E-state index in [1.165, 1.54) is 7.11 Å². The van der Waals surface area contributed by atoms with Crippen LogP contribution >= 0.6 is 0 Å². The van der Waals surface area contributed by atoms with Gasteiger partial charge < -0.3 is 23.6 Å². The second-order valence-electron chi connectivity index (χ2n) is 7.74. The van der Waals surface area contributed by atoms with E-state index in [4.69, 9.17) is 18.7 Å². The molecule has 7 nitrogen and oxygen atoms in total. The lowest BCUT2D eigenvalue weighted by molar-refractivity contribution is -0.141. The molecule has 0 aliphatic rings. The largest absolute Gasteiger partial charge is 0.496 e. The molecule has 0 spiro atoms. The van der Waals surface area contributed by atoms with E-state index in [-0.39, 0.29) is 24.9 Å². The van der Waals surface area contributed by atoms with Crippen LogP contribution in [0.5, 0.6) is 11.5 Å². The van der Waals surface area contributed by atoms with Crippen molar-refractivity contribution >= 4 is 22.8 Å². The second-order valence-corrected chi connectivity index (χ2v) is 7.74. The van der Waals surface area contributed by atoms with Crippen molar-refractivity contribution in [2.24, 2.45) is 0 Å². The van der Waals surface area contributed by atoms with E-state index in [1.54, 1.807) is 43.1 Å². The average Bonchev–Trinajstić information content (AvgIpc) is 3.29. The summed E-state index contributed by atoms with van der Waals surface area (Å²) in [5.41, 5.74) is 2.42. The molecule has 182 valence electrons. The summed E-state index contributed by atoms with van der Waals surface area (Å²) in [6, 6.07) is 14.6. The maximum atomic E-state index is 13.7. The Balaban J connectivity index is 1.49. The van der Waals surface area contributed by atoms with Crippen LogP contribution in [-0.4, -0.2) is 38.4 Å². The summed E-state index contributed by atoms with van der Waals surface area (Å²) in [5.74, 6) is -0.935. The number of methoxy groups -OCH3 is 1. The number of nitrogens with zero attached hydrogens (tertiary/aromatic N) is 2. The third-order valence-electron chi connectivity index (χ3n) is 5.40. The highest BCUT2D eigenvalue weighted by Crippen LogP contribution is 2.33. The Morgan fingerprint density at radius 1 is 1.09 bits per heavy atom. The molecule has 0 aliphatic carbocycles. The first kappa shape index (κ1) is 24.0. The zero-order valence-electron chi connectivity index (χ0n) is 19.5. The van der Waals surface area contributed by atoms with Crippen LogP contribution in [0, 0.1) is 11.6 Å². The van der Waals surface area contributed by atoms with Gasteiger partial charge in [0, 0.05) is 24.2 Å². The van der Waals surface area contributed by atoms with Crippen molar-refractivity contribution in [2.75, 3.05) is 32.2 Å². The Hall–Kier alpha value is -4.14. The smallest absolute Gasteiger partial charge is 0.325 e. The maximum Gasteiger partial charge on any atom is 0.325 e. The molecule has 0 fully saturated rings. The first-order chi connectivity index (χ1) is 16.9. The lowest BCUT2D eigenvalue weighted by Gasteiger charge is -2.14. The summed E-state index contributed by atoms with van der Waals surface area (Å²) in [5, 5.41) is 4.87. The number of hydrogen-bond donors (Lipinski definition) is 0. The molecule has 0 saturated carbocycles. The van der Waals surface area contributed by atoms with E-state index < -0.39 is 11.6 Å². The van der Waals surface area contributed by atoms with E-state index in [9.17, 15) is 13.6 Å². The molecule has 1 heterocycles. The lowest BCUT2D eigenvalue weighted by atomic mass is 10.0. The number of likely N-dealkylation sites (N-methyl/N-ethyl adjacent to an activating group) is 1. The second kappa shape index (κ2) is 10.4. The normalized spacial score (nSPS) is 10.9. The molecule has 0 bridgehead atoms. The summed E-state index contributed by atoms with van der Waals surface area (Å²) >= 11 is 0. The number of benzene rings is 3. The Morgan fingerprint density at radius 3 is 2.54 bits per heavy atom. The van der Waals surface area contributed by atoms with Gasteiger partial charge in [-0.2, -0.15) is 0 Å². The molecule has 35 heavy (non-hydrogen) atoms. The van der Waals surface area contributed by atoms with Gasteiger partial charge in [0.25, 0.3) is 0 Å². The quantitative estimate of drug-likeness (QED) is 0.297. The minimum Gasteiger partial charge on any atom is -0.496 e. The van der Waals surface area contributed by atoms with Crippen molar-refractivity contribution in [2.45, 2.75) is 13.5 Å². The number of carbonyl (C=O) groups is 1. The summed E-state index contributed by atoms with van der Waals surface area (Å²) in [6.07, 6.45) is 0. The summed E-state index contributed by atoms with van der Waals surface area (Å²) in [7, 11) is 3.14. The summed E-state index contributed by atoms with van der Waals surface area (Å²) in [4.78, 5) is 13.5. The van der Waals surface area contributed by atoms with Crippen LogP contribution in [0.1, 0.15) is 12.5 Å². The number of anilines is 1. The molecule has 0 amide bonds. The molecule has 4 aromatic rings. The van der Waals surface area contributed by atoms with Crippen LogP contribution in [-0.2, 0) is 16.1 Å². The van der Waals surface area contributed by atoms with Crippen molar-refractivity contribution < 1.29 is 32.3 Å². The van der Waals surface area contributed by atoms with Gasteiger partial charge in [-0.15, -0.1) is 0 Å². The molecule has 1 aromatic heterocycles. The maximum absolute atomic E-state index is 13.7. The number of para-hydroxylation sites is 1. The number of ether oxygens (including phenoxy) is 3. The molecule has 3 aromatic carbocycles. The van der Waals surface area contributed by atoms with Gasteiger partial charge in [-0.05, 0) is 36.8 Å². The fourth-order valence-corrected chi connectivity index (χ4v) is 3.69. The van der Waals surface area contributed by atoms with Gasteiger partial charge in [-0.3, -0.25) is 4.79 Å². The minimum atomic E-state index is -0.970. The molecule has 0 saturated heterocycles. The molecule has 0 unspecified atom stereocenters. The number of rotatable bonds is 9. The van der Waals surface area contributed by atoms with Gasteiger partial charge in [0.2, 0.25) is 0 Å². The molecular formula is C26H24F2N2O5. The van der Waals surface area contributed by atoms with Gasteiger partial charge in [-0.25, -0.2) is 8.78 Å². The van der Waals surface area contributed by atoms with E-state index in [0.717, 1.165) is 23.1 Å². The van der Waals surface area contributed by atoms with E-state index in [2.05, 4.69) is 5.16 Å². The molecule has 0 aliphatic heterocycles. The van der Waals surface area contributed by atoms with Crippen molar-refractivity contribution in [3.8, 4) is 22.6 Å². The zero-order valence-corrected chi connectivity index (χ0v) is 19.5. The standard InChI is InChI=1S/C26H24F2N2O5/c1-4-33-24(31)14-30(2)26-19-7-5-6-17(25(19)35-29-26)15-34-18-10-8-16(9-11-18)20-12-21(27)22(28)13-23(20)32-3/h5-13H,4,14-15H2,1-3H3. The van der Waals surface area contributed by atoms with E-state index >= 15 is 0 Å². The molecule has 4 rings (SSSR count). The Labute approximate surface area is 200 Å². The number of halogens is 2. The van der Waals surface area contributed by atoms with Gasteiger partial charge in [0.15, 0.2) is 23.0 Å². The fourth-order valence-electron chi connectivity index (χ4n) is 3.69. The SMILES string of the molecule is CCOC(=O)CN(C)c1noc2c(COc3ccc(-c4cc(F)c(F)cc4OC)cc3)cccc12. The molecule has 0 N–H and O–H groups in total. The Bertz CT molecular complexity index is 1340. The van der Waals surface area contributed by atoms with E-state index in [1.807, 2.05) is 18.2 Å². The molecule has 0 atom stereocenters. The van der Waals surface area contributed by atoms with Crippen LogP contribution in [0.25, 0.3) is 22.1 Å². The highest BCUT2D eigenvalue weighted by molar-refractivity contribution is 5.91. The van der Waals surface area contributed by atoms with Crippen molar-refractivity contribution in [3.05, 3.63) is 71.8 Å². The van der Waals surface area contributed by atoms with Gasteiger partial charge in [-0.1, -0.05) is 29.4 Å². The summed E-state index contributed by atoms with van der Waals surface area (Å²) in [6.45, 7) is 2.32. The highest BCUT2D eigenvalue weighted by atomic mass is 19.2. The lowest BCUT2D eigenvalue weighted by Crippen LogP contribution is -2.27. The number of aromatic nitrogens is 1.